The molecule has 2 rings (SSSR count). The normalized spacial score (nSPS) is 14.5. The van der Waals surface area contributed by atoms with Crippen molar-refractivity contribution in [2.75, 3.05) is 19.6 Å². The highest BCUT2D eigenvalue weighted by atomic mass is 16.4. The second-order valence-corrected chi connectivity index (χ2v) is 8.48. The first kappa shape index (κ1) is 25.2. The number of hydrogen-bond donors (Lipinski definition) is 4. The molecule has 0 heterocycles. The van der Waals surface area contributed by atoms with Crippen molar-refractivity contribution in [2.45, 2.75) is 57.8 Å². The number of urea groups is 1. The Hall–Kier alpha value is -3.10. The third-order valence-electron chi connectivity index (χ3n) is 5.89. The second kappa shape index (κ2) is 12.7. The summed E-state index contributed by atoms with van der Waals surface area (Å²) in [5, 5.41) is 12.1. The van der Waals surface area contributed by atoms with Crippen molar-refractivity contribution in [2.24, 2.45) is 21.9 Å². The van der Waals surface area contributed by atoms with Gasteiger partial charge >= 0.3 is 12.0 Å². The number of amides is 3. The summed E-state index contributed by atoms with van der Waals surface area (Å²) in [4.78, 5) is 42.6. The molecule has 0 saturated heterocycles. The highest BCUT2D eigenvalue weighted by Gasteiger charge is 2.39. The highest BCUT2D eigenvalue weighted by Crippen LogP contribution is 2.44. The van der Waals surface area contributed by atoms with E-state index in [1.165, 1.54) is 4.90 Å². The Balaban J connectivity index is 2.00. The number of hydrogen-bond acceptors (Lipinski definition) is 4. The molecule has 0 bridgehead atoms. The third-order valence-corrected chi connectivity index (χ3v) is 5.89. The topological polar surface area (TPSA) is 151 Å². The average molecular weight is 446 g/mol. The highest BCUT2D eigenvalue weighted by molar-refractivity contribution is 5.95. The van der Waals surface area contributed by atoms with Gasteiger partial charge in [-0.15, -0.1) is 0 Å². The van der Waals surface area contributed by atoms with Crippen molar-refractivity contribution in [3.8, 4) is 0 Å². The lowest BCUT2D eigenvalue weighted by molar-refractivity contribution is -0.141. The summed E-state index contributed by atoms with van der Waals surface area (Å²) in [6.45, 7) is 1.12. The van der Waals surface area contributed by atoms with Gasteiger partial charge in [-0.2, -0.15) is 0 Å². The van der Waals surface area contributed by atoms with Crippen molar-refractivity contribution < 1.29 is 19.5 Å². The number of carbonyl (C=O) groups is 3. The number of rotatable bonds is 12. The quantitative estimate of drug-likeness (QED) is 0.220. The fourth-order valence-electron chi connectivity index (χ4n) is 4.24. The Morgan fingerprint density at radius 1 is 1.06 bits per heavy atom. The number of nitrogens with two attached hydrogens (primary N) is 2. The zero-order valence-electron chi connectivity index (χ0n) is 18.6. The van der Waals surface area contributed by atoms with Crippen LogP contribution in [0.5, 0.6) is 0 Å². The smallest absolute Gasteiger partial charge is 0.324 e. The standard InChI is InChI=1S/C23H35N5O4/c24-21(25)26-13-6-7-14-27-22(32)28(15-10-18-8-2-1-3-9-18)19(29)16-23(17-20(30)31)11-4-5-12-23/h1-3,8-9H,4-7,10-17H2,(H,27,32)(H,30,31)(H4,24,25,26). The Morgan fingerprint density at radius 2 is 1.75 bits per heavy atom. The molecule has 1 aliphatic carbocycles. The number of nitrogens with one attached hydrogen (secondary N) is 1. The van der Waals surface area contributed by atoms with Crippen LogP contribution in [0.25, 0.3) is 0 Å². The van der Waals surface area contributed by atoms with Crippen molar-refractivity contribution >= 4 is 23.9 Å². The summed E-state index contributed by atoms with van der Waals surface area (Å²) in [7, 11) is 0. The number of aliphatic imine (C=N–C) groups is 1. The minimum absolute atomic E-state index is 0.0360. The monoisotopic (exact) mass is 445 g/mol. The Bertz CT molecular complexity index is 787. The number of benzene rings is 1. The van der Waals surface area contributed by atoms with Crippen LogP contribution in [0.2, 0.25) is 0 Å². The Labute approximate surface area is 189 Å². The minimum Gasteiger partial charge on any atom is -0.481 e. The van der Waals surface area contributed by atoms with E-state index in [0.29, 0.717) is 45.2 Å². The lowest BCUT2D eigenvalue weighted by Crippen LogP contribution is -2.46. The van der Waals surface area contributed by atoms with Crippen molar-refractivity contribution in [3.63, 3.8) is 0 Å². The van der Waals surface area contributed by atoms with Gasteiger partial charge in [0.05, 0.1) is 6.42 Å². The van der Waals surface area contributed by atoms with E-state index in [9.17, 15) is 19.5 Å². The van der Waals surface area contributed by atoms with Gasteiger partial charge in [-0.25, -0.2) is 4.79 Å². The zero-order valence-corrected chi connectivity index (χ0v) is 18.6. The first-order valence-electron chi connectivity index (χ1n) is 11.2. The molecule has 0 radical (unpaired) electrons. The van der Waals surface area contributed by atoms with E-state index >= 15 is 0 Å². The number of unbranched alkanes of at least 4 members (excludes halogenated alkanes) is 1. The number of aliphatic carboxylic acids is 1. The summed E-state index contributed by atoms with van der Waals surface area (Å²) in [6, 6.07) is 9.20. The van der Waals surface area contributed by atoms with Crippen molar-refractivity contribution in [1.29, 1.82) is 0 Å². The fourth-order valence-corrected chi connectivity index (χ4v) is 4.24. The molecule has 1 aliphatic rings. The summed E-state index contributed by atoms with van der Waals surface area (Å²) >= 11 is 0. The lowest BCUT2D eigenvalue weighted by atomic mass is 9.79. The maximum Gasteiger partial charge on any atom is 0.324 e. The first-order valence-corrected chi connectivity index (χ1v) is 11.2. The molecule has 1 aromatic carbocycles. The second-order valence-electron chi connectivity index (χ2n) is 8.48. The van der Waals surface area contributed by atoms with Gasteiger partial charge in [0.25, 0.3) is 0 Å². The van der Waals surface area contributed by atoms with Crippen LogP contribution >= 0.6 is 0 Å². The molecule has 0 aromatic heterocycles. The Morgan fingerprint density at radius 3 is 2.38 bits per heavy atom. The van der Waals surface area contributed by atoms with Crippen LogP contribution in [-0.2, 0) is 16.0 Å². The van der Waals surface area contributed by atoms with E-state index in [0.717, 1.165) is 18.4 Å². The van der Waals surface area contributed by atoms with Gasteiger partial charge in [-0.05, 0) is 43.1 Å². The predicted molar refractivity (Wildman–Crippen MR) is 123 cm³/mol. The largest absolute Gasteiger partial charge is 0.481 e. The van der Waals surface area contributed by atoms with Gasteiger partial charge < -0.3 is 21.9 Å². The van der Waals surface area contributed by atoms with Gasteiger partial charge in [-0.3, -0.25) is 19.5 Å². The van der Waals surface area contributed by atoms with E-state index in [4.69, 9.17) is 11.5 Å². The fraction of sp³-hybridized carbons (Fsp3) is 0.565. The molecule has 1 fully saturated rings. The molecule has 32 heavy (non-hydrogen) atoms. The molecule has 0 aliphatic heterocycles. The number of carboxylic acids is 1. The van der Waals surface area contributed by atoms with Crippen LogP contribution in [0, 0.1) is 5.41 Å². The van der Waals surface area contributed by atoms with Crippen LogP contribution in [-0.4, -0.2) is 53.5 Å². The SMILES string of the molecule is NC(N)=NCCCCNC(=O)N(CCc1ccccc1)C(=O)CC1(CC(=O)O)CCCC1. The molecule has 9 nitrogen and oxygen atoms in total. The van der Waals surface area contributed by atoms with Gasteiger partial charge in [0.15, 0.2) is 5.96 Å². The van der Waals surface area contributed by atoms with Gasteiger partial charge in [-0.1, -0.05) is 43.2 Å². The van der Waals surface area contributed by atoms with E-state index in [2.05, 4.69) is 10.3 Å². The van der Waals surface area contributed by atoms with E-state index < -0.39 is 17.4 Å². The van der Waals surface area contributed by atoms with Crippen molar-refractivity contribution in [3.05, 3.63) is 35.9 Å². The molecule has 1 saturated carbocycles. The lowest BCUT2D eigenvalue weighted by Gasteiger charge is -2.30. The number of carbonyl (C=O) groups excluding carboxylic acids is 2. The maximum atomic E-state index is 13.2. The van der Waals surface area contributed by atoms with Crippen LogP contribution in [0.15, 0.2) is 35.3 Å². The summed E-state index contributed by atoms with van der Waals surface area (Å²) in [6.07, 6.45) is 5.16. The summed E-state index contributed by atoms with van der Waals surface area (Å²) < 4.78 is 0. The molecular formula is C23H35N5O4. The maximum absolute atomic E-state index is 13.2. The molecule has 1 aromatic rings. The summed E-state index contributed by atoms with van der Waals surface area (Å²) in [5.74, 6) is -1.18. The van der Waals surface area contributed by atoms with E-state index in [1.807, 2.05) is 30.3 Å². The number of imide groups is 1. The van der Waals surface area contributed by atoms with E-state index in [-0.39, 0.29) is 31.3 Å². The number of nitrogens with zero attached hydrogens (tertiary/aromatic N) is 2. The molecule has 0 atom stereocenters. The van der Waals surface area contributed by atoms with Crippen molar-refractivity contribution in [1.82, 2.24) is 10.2 Å². The van der Waals surface area contributed by atoms with Gasteiger partial charge in [0, 0.05) is 26.1 Å². The molecule has 0 spiro atoms. The minimum atomic E-state index is -0.902. The summed E-state index contributed by atoms with van der Waals surface area (Å²) in [5.41, 5.74) is 11.1. The molecule has 3 amide bonds. The van der Waals surface area contributed by atoms with Crippen LogP contribution < -0.4 is 16.8 Å². The van der Waals surface area contributed by atoms with E-state index in [1.54, 1.807) is 0 Å². The zero-order chi connectivity index (χ0) is 23.4. The third kappa shape index (κ3) is 8.56. The number of guanidine groups is 1. The van der Waals surface area contributed by atoms with Gasteiger partial charge in [0.1, 0.15) is 0 Å². The first-order chi connectivity index (χ1) is 15.3. The predicted octanol–water partition coefficient (Wildman–Crippen LogP) is 2.25. The van der Waals surface area contributed by atoms with Crippen LogP contribution in [0.3, 0.4) is 0 Å². The average Bonchev–Trinajstić information content (AvgIpc) is 3.18. The molecule has 176 valence electrons. The Kier molecular flexibility index (Phi) is 9.97. The van der Waals surface area contributed by atoms with Gasteiger partial charge in [0.2, 0.25) is 5.91 Å². The molecular weight excluding hydrogens is 410 g/mol. The molecule has 0 unspecified atom stereocenters. The number of carboxylic acid groups (broad SMARTS) is 1. The molecule has 9 heteroatoms. The van der Waals surface area contributed by atoms with Crippen LogP contribution in [0.4, 0.5) is 4.79 Å². The van der Waals surface area contributed by atoms with Crippen LogP contribution in [0.1, 0.15) is 56.9 Å². The molecule has 6 N–H and O–H groups in total.